The highest BCUT2D eigenvalue weighted by atomic mass is 32.2. The Balaban J connectivity index is 2.52. The third-order valence-corrected chi connectivity index (χ3v) is 4.84. The van der Waals surface area contributed by atoms with Gasteiger partial charge in [-0.1, -0.05) is 41.5 Å². The van der Waals surface area contributed by atoms with Gasteiger partial charge >= 0.3 is 0 Å². The molecule has 0 aliphatic carbocycles. The zero-order valence-electron chi connectivity index (χ0n) is 14.5. The number of imide groups is 1. The van der Waals surface area contributed by atoms with E-state index in [9.17, 15) is 14.4 Å². The van der Waals surface area contributed by atoms with E-state index in [-0.39, 0.29) is 46.8 Å². The number of likely N-dealkylation sites (tertiary alicyclic amines) is 1. The molecule has 1 rings (SSSR count). The maximum atomic E-state index is 12.3. The molecular formula is C16H28N2O3S. The lowest BCUT2D eigenvalue weighted by atomic mass is 9.97. The Hall–Kier alpha value is -1.04. The van der Waals surface area contributed by atoms with E-state index < -0.39 is 0 Å². The van der Waals surface area contributed by atoms with Crippen LogP contribution in [0.4, 0.5) is 0 Å². The number of amides is 3. The van der Waals surface area contributed by atoms with E-state index in [1.165, 1.54) is 11.8 Å². The molecule has 0 spiro atoms. The first-order valence-electron chi connectivity index (χ1n) is 7.61. The summed E-state index contributed by atoms with van der Waals surface area (Å²) in [7, 11) is 0. The van der Waals surface area contributed by atoms with Crippen LogP contribution in [-0.2, 0) is 14.4 Å². The third-order valence-electron chi connectivity index (χ3n) is 3.04. The second-order valence-corrected chi connectivity index (χ2v) is 9.41. The molecule has 126 valence electrons. The fourth-order valence-corrected chi connectivity index (χ4v) is 3.09. The van der Waals surface area contributed by atoms with Gasteiger partial charge in [0.05, 0.1) is 5.25 Å². The van der Waals surface area contributed by atoms with Gasteiger partial charge in [-0.2, -0.15) is 0 Å². The SMILES string of the molecule is CC(C)(C)CNC(=O)CN1C(=O)CC(SCC(C)(C)C)C1=O. The Morgan fingerprint density at radius 3 is 2.27 bits per heavy atom. The normalized spacial score (nSPS) is 19.7. The standard InChI is InChI=1S/C16H28N2O3S/c1-15(2,3)9-17-12(19)8-18-13(20)7-11(14(18)21)22-10-16(4,5)6/h11H,7-10H2,1-6H3,(H,17,19). The maximum Gasteiger partial charge on any atom is 0.243 e. The van der Waals surface area contributed by atoms with E-state index in [1.807, 2.05) is 20.8 Å². The Labute approximate surface area is 137 Å². The largest absolute Gasteiger partial charge is 0.354 e. The number of carbonyl (C=O) groups is 3. The summed E-state index contributed by atoms with van der Waals surface area (Å²) in [4.78, 5) is 37.2. The fraction of sp³-hybridized carbons (Fsp3) is 0.812. The zero-order valence-corrected chi connectivity index (χ0v) is 15.3. The van der Waals surface area contributed by atoms with Crippen molar-refractivity contribution < 1.29 is 14.4 Å². The van der Waals surface area contributed by atoms with Gasteiger partial charge in [-0.05, 0) is 16.6 Å². The number of carbonyl (C=O) groups excluding carboxylic acids is 3. The minimum atomic E-state index is -0.345. The van der Waals surface area contributed by atoms with Crippen molar-refractivity contribution in [3.05, 3.63) is 0 Å². The van der Waals surface area contributed by atoms with Gasteiger partial charge in [-0.25, -0.2) is 0 Å². The molecule has 3 amide bonds. The summed E-state index contributed by atoms with van der Waals surface area (Å²) in [6.07, 6.45) is 0.201. The summed E-state index contributed by atoms with van der Waals surface area (Å²) in [5.41, 5.74) is 0.0747. The Kier molecular flexibility index (Phi) is 6.07. The second kappa shape index (κ2) is 7.02. The number of nitrogens with one attached hydrogen (secondary N) is 1. The van der Waals surface area contributed by atoms with Crippen LogP contribution in [-0.4, -0.2) is 46.7 Å². The first-order chi connectivity index (χ1) is 9.89. The molecule has 6 heteroatoms. The van der Waals surface area contributed by atoms with E-state index in [2.05, 4.69) is 26.1 Å². The molecule has 1 heterocycles. The summed E-state index contributed by atoms with van der Waals surface area (Å²) in [5.74, 6) is 0.0476. The van der Waals surface area contributed by atoms with Crippen LogP contribution in [0.5, 0.6) is 0 Å². The van der Waals surface area contributed by atoms with Crippen molar-refractivity contribution in [2.75, 3.05) is 18.8 Å². The van der Waals surface area contributed by atoms with Crippen molar-refractivity contribution in [2.45, 2.75) is 53.2 Å². The zero-order chi connectivity index (χ0) is 17.1. The van der Waals surface area contributed by atoms with Gasteiger partial charge in [0.25, 0.3) is 0 Å². The van der Waals surface area contributed by atoms with E-state index >= 15 is 0 Å². The predicted octanol–water partition coefficient (Wildman–Crippen LogP) is 2.06. The van der Waals surface area contributed by atoms with Crippen LogP contribution in [0, 0.1) is 10.8 Å². The van der Waals surface area contributed by atoms with Crippen LogP contribution in [0.3, 0.4) is 0 Å². The van der Waals surface area contributed by atoms with Crippen molar-refractivity contribution in [2.24, 2.45) is 10.8 Å². The fourth-order valence-electron chi connectivity index (χ4n) is 1.86. The predicted molar refractivity (Wildman–Crippen MR) is 89.5 cm³/mol. The molecule has 1 aliphatic heterocycles. The van der Waals surface area contributed by atoms with Crippen LogP contribution in [0.25, 0.3) is 0 Å². The Morgan fingerprint density at radius 1 is 1.18 bits per heavy atom. The summed E-state index contributed by atoms with van der Waals surface area (Å²) in [6, 6.07) is 0. The first kappa shape index (κ1) is 19.0. The molecule has 0 aromatic heterocycles. The monoisotopic (exact) mass is 328 g/mol. The van der Waals surface area contributed by atoms with Gasteiger partial charge in [0, 0.05) is 13.0 Å². The minimum absolute atomic E-state index is 0.0280. The molecule has 1 atom stereocenters. The number of nitrogens with zero attached hydrogens (tertiary/aromatic N) is 1. The summed E-state index contributed by atoms with van der Waals surface area (Å²) < 4.78 is 0. The second-order valence-electron chi connectivity index (χ2n) is 8.22. The highest BCUT2D eigenvalue weighted by molar-refractivity contribution is 8.00. The molecule has 1 aliphatic rings. The molecular weight excluding hydrogens is 300 g/mol. The van der Waals surface area contributed by atoms with E-state index in [0.29, 0.717) is 6.54 Å². The number of rotatable bonds is 5. The molecule has 1 fully saturated rings. The topological polar surface area (TPSA) is 66.5 Å². The molecule has 22 heavy (non-hydrogen) atoms. The van der Waals surface area contributed by atoms with Gasteiger partial charge in [0.15, 0.2) is 0 Å². The van der Waals surface area contributed by atoms with Crippen LogP contribution in [0.15, 0.2) is 0 Å². The number of hydrogen-bond acceptors (Lipinski definition) is 4. The highest BCUT2D eigenvalue weighted by Gasteiger charge is 2.40. The summed E-state index contributed by atoms with van der Waals surface area (Å²) in [5, 5.41) is 2.42. The average molecular weight is 328 g/mol. The summed E-state index contributed by atoms with van der Waals surface area (Å²) in [6.45, 7) is 12.7. The van der Waals surface area contributed by atoms with Gasteiger partial charge < -0.3 is 5.32 Å². The first-order valence-corrected chi connectivity index (χ1v) is 8.66. The molecule has 5 nitrogen and oxygen atoms in total. The lowest BCUT2D eigenvalue weighted by molar-refractivity contribution is -0.142. The lowest BCUT2D eigenvalue weighted by Crippen LogP contribution is -2.43. The molecule has 1 saturated heterocycles. The van der Waals surface area contributed by atoms with Gasteiger partial charge in [-0.15, -0.1) is 11.8 Å². The highest BCUT2D eigenvalue weighted by Crippen LogP contribution is 2.30. The quantitative estimate of drug-likeness (QED) is 0.785. The smallest absolute Gasteiger partial charge is 0.243 e. The third kappa shape index (κ3) is 6.38. The molecule has 0 saturated carbocycles. The van der Waals surface area contributed by atoms with E-state index in [4.69, 9.17) is 0 Å². The summed E-state index contributed by atoms with van der Waals surface area (Å²) >= 11 is 1.51. The van der Waals surface area contributed by atoms with Crippen molar-refractivity contribution in [1.82, 2.24) is 10.2 Å². The average Bonchev–Trinajstić information content (AvgIpc) is 2.60. The van der Waals surface area contributed by atoms with Crippen molar-refractivity contribution in [1.29, 1.82) is 0 Å². The molecule has 0 aromatic carbocycles. The van der Waals surface area contributed by atoms with E-state index in [1.54, 1.807) is 0 Å². The minimum Gasteiger partial charge on any atom is -0.354 e. The number of hydrogen-bond donors (Lipinski definition) is 1. The molecule has 0 radical (unpaired) electrons. The van der Waals surface area contributed by atoms with Gasteiger partial charge in [0.1, 0.15) is 6.54 Å². The molecule has 1 N–H and O–H groups in total. The van der Waals surface area contributed by atoms with E-state index in [0.717, 1.165) is 10.7 Å². The van der Waals surface area contributed by atoms with Crippen LogP contribution < -0.4 is 5.32 Å². The van der Waals surface area contributed by atoms with Crippen LogP contribution in [0.2, 0.25) is 0 Å². The Bertz CT molecular complexity index is 449. The maximum absolute atomic E-state index is 12.3. The van der Waals surface area contributed by atoms with Crippen LogP contribution >= 0.6 is 11.8 Å². The Morgan fingerprint density at radius 2 is 1.77 bits per heavy atom. The van der Waals surface area contributed by atoms with Crippen LogP contribution in [0.1, 0.15) is 48.0 Å². The number of thioether (sulfide) groups is 1. The van der Waals surface area contributed by atoms with Crippen molar-refractivity contribution >= 4 is 29.5 Å². The molecule has 0 aromatic rings. The van der Waals surface area contributed by atoms with Gasteiger partial charge in [-0.3, -0.25) is 19.3 Å². The van der Waals surface area contributed by atoms with Gasteiger partial charge in [0.2, 0.25) is 17.7 Å². The van der Waals surface area contributed by atoms with Crippen molar-refractivity contribution in [3.63, 3.8) is 0 Å². The lowest BCUT2D eigenvalue weighted by Gasteiger charge is -2.21. The molecule has 0 bridgehead atoms. The molecule has 1 unspecified atom stereocenters. The van der Waals surface area contributed by atoms with Crippen molar-refractivity contribution in [3.8, 4) is 0 Å².